The number of rotatable bonds is 51. The van der Waals surface area contributed by atoms with Crippen LogP contribution >= 0.6 is 0 Å². The monoisotopic (exact) mass is 947 g/mol. The average Bonchev–Trinajstić information content (AvgIpc) is 3.34. The van der Waals surface area contributed by atoms with Crippen LogP contribution in [0.1, 0.15) is 271 Å². The molecule has 0 heterocycles. The Hall–Kier alpha value is -3.41. The summed E-state index contributed by atoms with van der Waals surface area (Å²) in [6, 6.07) is 0. The summed E-state index contributed by atoms with van der Waals surface area (Å²) >= 11 is 0. The largest absolute Gasteiger partial charge is 0.462 e. The fourth-order valence-electron chi connectivity index (χ4n) is 7.89. The van der Waals surface area contributed by atoms with E-state index in [1.807, 2.05) is 0 Å². The Morgan fingerprint density at radius 3 is 0.897 bits per heavy atom. The van der Waals surface area contributed by atoms with E-state index in [1.54, 1.807) is 0 Å². The van der Waals surface area contributed by atoms with Crippen molar-refractivity contribution in [1.29, 1.82) is 0 Å². The molecular weight excluding hydrogens is 841 g/mol. The van der Waals surface area contributed by atoms with E-state index in [2.05, 4.69) is 106 Å². The zero-order valence-electron chi connectivity index (χ0n) is 44.6. The predicted molar refractivity (Wildman–Crippen MR) is 293 cm³/mol. The molecule has 390 valence electrons. The molecule has 0 aromatic carbocycles. The number of allylic oxidation sites excluding steroid dienone is 14. The van der Waals surface area contributed by atoms with E-state index >= 15 is 0 Å². The first-order chi connectivity index (χ1) is 33.5. The molecule has 0 amide bonds. The lowest BCUT2D eigenvalue weighted by atomic mass is 10.0. The molecule has 0 aromatic rings. The smallest absolute Gasteiger partial charge is 0.306 e. The highest BCUT2D eigenvalue weighted by Gasteiger charge is 2.19. The third-order valence-corrected chi connectivity index (χ3v) is 12.2. The van der Waals surface area contributed by atoms with Crippen LogP contribution in [-0.4, -0.2) is 37.2 Å². The minimum absolute atomic E-state index is 0.0731. The number of hydrogen-bond donors (Lipinski definition) is 0. The summed E-state index contributed by atoms with van der Waals surface area (Å²) in [5, 5.41) is 0. The molecular formula is C62H106O6. The lowest BCUT2D eigenvalue weighted by molar-refractivity contribution is -0.167. The molecule has 0 aliphatic heterocycles. The second-order valence-corrected chi connectivity index (χ2v) is 18.8. The molecule has 0 aromatic heterocycles. The second-order valence-electron chi connectivity index (χ2n) is 18.8. The van der Waals surface area contributed by atoms with E-state index in [9.17, 15) is 14.4 Å². The Kier molecular flexibility index (Phi) is 53.4. The summed E-state index contributed by atoms with van der Waals surface area (Å²) < 4.78 is 16.7. The first-order valence-corrected chi connectivity index (χ1v) is 28.6. The van der Waals surface area contributed by atoms with Crippen LogP contribution in [-0.2, 0) is 28.6 Å². The number of carbonyl (C=O) groups is 3. The molecule has 0 aliphatic carbocycles. The quantitative estimate of drug-likeness (QED) is 0.0262. The lowest BCUT2D eigenvalue weighted by Gasteiger charge is -2.18. The van der Waals surface area contributed by atoms with Gasteiger partial charge < -0.3 is 14.2 Å². The number of carbonyl (C=O) groups excluding carboxylic acids is 3. The van der Waals surface area contributed by atoms with Gasteiger partial charge in [-0.3, -0.25) is 14.4 Å². The first kappa shape index (κ1) is 64.6. The predicted octanol–water partition coefficient (Wildman–Crippen LogP) is 19.2. The van der Waals surface area contributed by atoms with Crippen LogP contribution in [0.2, 0.25) is 0 Å². The number of hydrogen-bond acceptors (Lipinski definition) is 6. The van der Waals surface area contributed by atoms with Gasteiger partial charge in [-0.2, -0.15) is 0 Å². The number of ether oxygens (including phenoxy) is 3. The van der Waals surface area contributed by atoms with Crippen LogP contribution in [0, 0.1) is 0 Å². The molecule has 0 N–H and O–H groups in total. The van der Waals surface area contributed by atoms with Crippen molar-refractivity contribution in [3.05, 3.63) is 85.1 Å². The molecule has 0 saturated carbocycles. The third-order valence-electron chi connectivity index (χ3n) is 12.2. The van der Waals surface area contributed by atoms with Gasteiger partial charge in [0.15, 0.2) is 6.10 Å². The molecule has 0 spiro atoms. The molecule has 6 heteroatoms. The van der Waals surface area contributed by atoms with Gasteiger partial charge in [-0.25, -0.2) is 0 Å². The van der Waals surface area contributed by atoms with Gasteiger partial charge in [0.1, 0.15) is 13.2 Å². The highest BCUT2D eigenvalue weighted by molar-refractivity contribution is 5.71. The topological polar surface area (TPSA) is 78.9 Å². The van der Waals surface area contributed by atoms with Gasteiger partial charge in [-0.1, -0.05) is 260 Å². The summed E-state index contributed by atoms with van der Waals surface area (Å²) in [6.07, 6.45) is 73.2. The SMILES string of the molecule is CC/C=C\C/C=C\C/C=C\C/C=C\C/C=C\C/C=C\C/C=C\CCCCCCCCCCCCCC(=O)OCC(COC(=O)CCCCCCCCCC)OC(=O)CCCCCCCCCCC. The Morgan fingerprint density at radius 2 is 0.574 bits per heavy atom. The van der Waals surface area contributed by atoms with Gasteiger partial charge in [-0.15, -0.1) is 0 Å². The highest BCUT2D eigenvalue weighted by atomic mass is 16.6. The van der Waals surface area contributed by atoms with E-state index in [1.165, 1.54) is 128 Å². The Balaban J connectivity index is 4.02. The van der Waals surface area contributed by atoms with E-state index in [4.69, 9.17) is 14.2 Å². The molecule has 0 fully saturated rings. The Bertz CT molecular complexity index is 1320. The van der Waals surface area contributed by atoms with Crippen molar-refractivity contribution in [2.45, 2.75) is 277 Å². The molecule has 1 unspecified atom stereocenters. The lowest BCUT2D eigenvalue weighted by Crippen LogP contribution is -2.30. The fourth-order valence-corrected chi connectivity index (χ4v) is 7.89. The molecule has 0 bridgehead atoms. The molecule has 6 nitrogen and oxygen atoms in total. The van der Waals surface area contributed by atoms with Gasteiger partial charge in [0.2, 0.25) is 0 Å². The summed E-state index contributed by atoms with van der Waals surface area (Å²) in [4.78, 5) is 37.8. The van der Waals surface area contributed by atoms with Crippen molar-refractivity contribution in [2.24, 2.45) is 0 Å². The molecule has 0 rings (SSSR count). The van der Waals surface area contributed by atoms with Gasteiger partial charge in [0, 0.05) is 19.3 Å². The summed E-state index contributed by atoms with van der Waals surface area (Å²) in [5.74, 6) is -0.880. The zero-order valence-corrected chi connectivity index (χ0v) is 44.6. The minimum Gasteiger partial charge on any atom is -0.462 e. The Labute approximate surface area is 420 Å². The van der Waals surface area contributed by atoms with E-state index in [0.29, 0.717) is 19.3 Å². The zero-order chi connectivity index (χ0) is 49.3. The summed E-state index contributed by atoms with van der Waals surface area (Å²) in [5.41, 5.74) is 0. The first-order valence-electron chi connectivity index (χ1n) is 28.6. The normalized spacial score (nSPS) is 12.7. The van der Waals surface area contributed by atoms with Crippen molar-refractivity contribution in [2.75, 3.05) is 13.2 Å². The standard InChI is InChI=1S/C62H106O6/c1-4-7-10-13-16-19-20-21-22-23-24-25-26-27-28-29-30-31-32-33-34-35-36-37-38-39-40-41-42-44-46-49-52-55-61(64)67-58-59(57-66-60(63)54-51-48-45-18-15-12-9-6-3)68-62(65)56-53-50-47-43-17-14-11-8-5-2/h7,10,16,19,21-22,24-25,27-28,30-31,33-34,59H,4-6,8-9,11-15,17-18,20,23,26,29,32,35-58H2,1-3H3/b10-7-,19-16-,22-21-,25-24-,28-27-,31-30-,34-33-. The van der Waals surface area contributed by atoms with E-state index in [0.717, 1.165) is 103 Å². The van der Waals surface area contributed by atoms with Crippen molar-refractivity contribution in [1.82, 2.24) is 0 Å². The van der Waals surface area contributed by atoms with Crippen molar-refractivity contribution >= 4 is 17.9 Å². The molecule has 1 atom stereocenters. The van der Waals surface area contributed by atoms with Crippen molar-refractivity contribution in [3.8, 4) is 0 Å². The van der Waals surface area contributed by atoms with Crippen LogP contribution in [0.4, 0.5) is 0 Å². The van der Waals surface area contributed by atoms with Crippen LogP contribution in [0.5, 0.6) is 0 Å². The van der Waals surface area contributed by atoms with Crippen LogP contribution in [0.25, 0.3) is 0 Å². The molecule has 0 aliphatic rings. The maximum atomic E-state index is 12.7. The maximum absolute atomic E-state index is 12.7. The molecule has 0 saturated heterocycles. The highest BCUT2D eigenvalue weighted by Crippen LogP contribution is 2.15. The fraction of sp³-hybridized carbons (Fsp3) is 0.726. The van der Waals surface area contributed by atoms with Gasteiger partial charge in [0.25, 0.3) is 0 Å². The minimum atomic E-state index is -0.769. The van der Waals surface area contributed by atoms with Crippen molar-refractivity contribution in [3.63, 3.8) is 0 Å². The van der Waals surface area contributed by atoms with Gasteiger partial charge in [0.05, 0.1) is 0 Å². The average molecular weight is 948 g/mol. The van der Waals surface area contributed by atoms with Crippen LogP contribution in [0.3, 0.4) is 0 Å². The van der Waals surface area contributed by atoms with Crippen LogP contribution < -0.4 is 0 Å². The van der Waals surface area contributed by atoms with Gasteiger partial charge >= 0.3 is 17.9 Å². The number of esters is 3. The summed E-state index contributed by atoms with van der Waals surface area (Å²) in [7, 11) is 0. The van der Waals surface area contributed by atoms with Crippen LogP contribution in [0.15, 0.2) is 85.1 Å². The Morgan fingerprint density at radius 1 is 0.309 bits per heavy atom. The number of unbranched alkanes of at least 4 members (excludes halogenated alkanes) is 26. The second kappa shape index (κ2) is 56.2. The maximum Gasteiger partial charge on any atom is 0.306 e. The van der Waals surface area contributed by atoms with E-state index < -0.39 is 6.10 Å². The van der Waals surface area contributed by atoms with E-state index in [-0.39, 0.29) is 31.1 Å². The molecule has 0 radical (unpaired) electrons. The third kappa shape index (κ3) is 53.5. The van der Waals surface area contributed by atoms with Crippen molar-refractivity contribution < 1.29 is 28.6 Å². The van der Waals surface area contributed by atoms with Gasteiger partial charge in [-0.05, 0) is 77.0 Å². The summed E-state index contributed by atoms with van der Waals surface area (Å²) in [6.45, 7) is 6.48. The molecule has 68 heavy (non-hydrogen) atoms.